The van der Waals surface area contributed by atoms with E-state index in [0.29, 0.717) is 16.6 Å². The molecule has 216 valence electrons. The van der Waals surface area contributed by atoms with Crippen molar-refractivity contribution in [3.05, 3.63) is 131 Å². The molecule has 9 nitrogen and oxygen atoms in total. The van der Waals surface area contributed by atoms with E-state index in [1.807, 2.05) is 72.9 Å². The van der Waals surface area contributed by atoms with Crippen LogP contribution >= 0.6 is 11.3 Å². The maximum Gasteiger partial charge on any atom is 0.276 e. The lowest BCUT2D eigenvalue weighted by Gasteiger charge is -2.47. The third-order valence-electron chi connectivity index (χ3n) is 7.14. The van der Waals surface area contributed by atoms with Crippen LogP contribution in [0.5, 0.6) is 0 Å². The highest BCUT2D eigenvalue weighted by Crippen LogP contribution is 2.44. The Hall–Kier alpha value is -4.74. The van der Waals surface area contributed by atoms with Crippen LogP contribution in [-0.4, -0.2) is 56.7 Å². The molecule has 0 aliphatic carbocycles. The smallest absolute Gasteiger partial charge is 0.276 e. The molecule has 11 heteroatoms. The molecule has 0 saturated carbocycles. The number of anilines is 1. The van der Waals surface area contributed by atoms with E-state index in [-0.39, 0.29) is 22.2 Å². The van der Waals surface area contributed by atoms with Crippen LogP contribution in [0.2, 0.25) is 0 Å². The first-order chi connectivity index (χ1) is 21.0. The zero-order valence-corrected chi connectivity index (χ0v) is 24.9. The van der Waals surface area contributed by atoms with Crippen molar-refractivity contribution in [1.82, 2.24) is 20.2 Å². The summed E-state index contributed by atoms with van der Waals surface area (Å²) in [6.07, 6.45) is 7.64. The number of hydrogen-bond donors (Lipinski definition) is 2. The Bertz CT molecular complexity index is 1650. The molecule has 3 atom stereocenters. The van der Waals surface area contributed by atoms with Crippen molar-refractivity contribution < 1.29 is 14.4 Å². The van der Waals surface area contributed by atoms with Gasteiger partial charge in [0.25, 0.3) is 11.8 Å². The molecule has 0 radical (unpaired) electrons. The van der Waals surface area contributed by atoms with E-state index < -0.39 is 22.8 Å². The first-order valence-corrected chi connectivity index (χ1v) is 16.0. The summed E-state index contributed by atoms with van der Waals surface area (Å²) in [4.78, 5) is 42.5. The van der Waals surface area contributed by atoms with E-state index in [1.54, 1.807) is 16.5 Å². The number of nitrogens with zero attached hydrogens (tertiary/aromatic N) is 4. The zero-order valence-electron chi connectivity index (χ0n) is 23.2. The Labute approximate surface area is 256 Å². The number of allylic oxidation sites excluding steroid dienone is 1. The minimum absolute atomic E-state index is 0.0141. The fourth-order valence-electron chi connectivity index (χ4n) is 5.25. The summed E-state index contributed by atoms with van der Waals surface area (Å²) >= 11 is 1.19. The number of hydrogen-bond acceptors (Lipinski definition) is 8. The van der Waals surface area contributed by atoms with Gasteiger partial charge in [0.05, 0.1) is 5.69 Å². The highest BCUT2D eigenvalue weighted by Gasteiger charge is 2.62. The topological polar surface area (TPSA) is 123 Å². The van der Waals surface area contributed by atoms with Crippen molar-refractivity contribution in [2.75, 3.05) is 18.6 Å². The number of carbonyl (C=O) groups is 2. The molecule has 1 fully saturated rings. The summed E-state index contributed by atoms with van der Waals surface area (Å²) in [7, 11) is 0.915. The number of nitrogen functional groups attached to an aromatic ring is 1. The van der Waals surface area contributed by atoms with Gasteiger partial charge >= 0.3 is 0 Å². The molecular formula is C32H29N6O3S2+. The second-order valence-electron chi connectivity index (χ2n) is 9.89. The van der Waals surface area contributed by atoms with Gasteiger partial charge in [0.1, 0.15) is 18.6 Å². The molecule has 2 aliphatic rings. The standard InChI is InChI=1S/C32H28N6O3S2/c1-41-37-26(25-19-42-32(33)35-25)29(39)36-27-30(40)38-18-21(15-16-24-14-8-9-17-34-24)20-43(31(27)38)28(22-10-4-2-5-11-22)23-12-6-3-7-13-23/h2-19,27-28,31H,20H2,1H3,(H2-,33,35,36,39)/p+1/t27?,31-,43?/m1/s1. The molecule has 6 rings (SSSR count). The second-order valence-corrected chi connectivity index (χ2v) is 13.0. The Kier molecular flexibility index (Phi) is 8.34. The van der Waals surface area contributed by atoms with Gasteiger partial charge in [-0.2, -0.15) is 0 Å². The zero-order chi connectivity index (χ0) is 29.8. The fourth-order valence-corrected chi connectivity index (χ4v) is 8.98. The molecular weight excluding hydrogens is 581 g/mol. The van der Waals surface area contributed by atoms with E-state index in [9.17, 15) is 9.59 Å². The minimum Gasteiger partial charge on any atom is -0.398 e. The number of amides is 2. The van der Waals surface area contributed by atoms with Crippen molar-refractivity contribution in [3.63, 3.8) is 0 Å². The van der Waals surface area contributed by atoms with Crippen molar-refractivity contribution in [1.29, 1.82) is 0 Å². The summed E-state index contributed by atoms with van der Waals surface area (Å²) in [6.45, 7) is 0. The fraction of sp³-hybridized carbons (Fsp3) is 0.156. The van der Waals surface area contributed by atoms with Gasteiger partial charge in [-0.25, -0.2) is 4.98 Å². The summed E-state index contributed by atoms with van der Waals surface area (Å²) in [6, 6.07) is 25.6. The van der Waals surface area contributed by atoms with Crippen LogP contribution in [-0.2, 0) is 25.3 Å². The van der Waals surface area contributed by atoms with Crippen LogP contribution in [0.3, 0.4) is 0 Å². The Balaban J connectivity index is 1.37. The molecule has 2 aliphatic heterocycles. The van der Waals surface area contributed by atoms with Gasteiger partial charge in [-0.1, -0.05) is 78.0 Å². The predicted molar refractivity (Wildman–Crippen MR) is 171 cm³/mol. The molecule has 2 unspecified atom stereocenters. The van der Waals surface area contributed by atoms with Gasteiger partial charge in [0.15, 0.2) is 22.1 Å². The maximum atomic E-state index is 13.6. The van der Waals surface area contributed by atoms with E-state index in [1.165, 1.54) is 18.4 Å². The van der Waals surface area contributed by atoms with E-state index in [0.717, 1.165) is 22.4 Å². The van der Waals surface area contributed by atoms with Crippen LogP contribution in [0.15, 0.2) is 113 Å². The average Bonchev–Trinajstić information content (AvgIpc) is 3.48. The molecule has 43 heavy (non-hydrogen) atoms. The first-order valence-electron chi connectivity index (χ1n) is 13.6. The summed E-state index contributed by atoms with van der Waals surface area (Å²) in [5, 5.41) is 8.52. The van der Waals surface area contributed by atoms with Gasteiger partial charge in [-0.3, -0.25) is 19.5 Å². The normalized spacial score (nSPS) is 20.0. The van der Waals surface area contributed by atoms with Gasteiger partial charge in [0.2, 0.25) is 5.37 Å². The van der Waals surface area contributed by atoms with Crippen LogP contribution in [0.25, 0.3) is 6.08 Å². The van der Waals surface area contributed by atoms with Gasteiger partial charge in [-0.15, -0.1) is 11.3 Å². The van der Waals surface area contributed by atoms with Crippen molar-refractivity contribution in [3.8, 4) is 0 Å². The molecule has 4 heterocycles. The Morgan fingerprint density at radius 3 is 2.40 bits per heavy atom. The van der Waals surface area contributed by atoms with E-state index in [2.05, 4.69) is 44.7 Å². The lowest BCUT2D eigenvalue weighted by molar-refractivity contribution is -0.144. The van der Waals surface area contributed by atoms with Crippen molar-refractivity contribution in [2.45, 2.75) is 16.7 Å². The van der Waals surface area contributed by atoms with Crippen molar-refractivity contribution >= 4 is 51.0 Å². The highest BCUT2D eigenvalue weighted by molar-refractivity contribution is 7.98. The number of nitrogens with one attached hydrogen (secondary N) is 1. The number of oxime groups is 1. The van der Waals surface area contributed by atoms with Crippen LogP contribution in [0.4, 0.5) is 5.13 Å². The number of β-lactam (4-membered cyclic amide) rings is 1. The molecule has 1 saturated heterocycles. The Morgan fingerprint density at radius 2 is 1.79 bits per heavy atom. The molecule has 4 aromatic rings. The largest absolute Gasteiger partial charge is 0.398 e. The number of rotatable bonds is 9. The first kappa shape index (κ1) is 28.4. The molecule has 0 spiro atoms. The second kappa shape index (κ2) is 12.6. The molecule has 3 N–H and O–H groups in total. The Morgan fingerprint density at radius 1 is 1.09 bits per heavy atom. The van der Waals surface area contributed by atoms with E-state index in [4.69, 9.17) is 10.6 Å². The van der Waals surface area contributed by atoms with Crippen LogP contribution < -0.4 is 11.1 Å². The minimum atomic E-state index is -0.749. The molecule has 2 aromatic heterocycles. The SMILES string of the molecule is CON=C(C(=O)NC1C(=O)N2C=C(C=Cc3ccccn3)C[S+](C(c3ccccc3)c3ccccc3)[C@H]12)c1csc(N)n1. The summed E-state index contributed by atoms with van der Waals surface area (Å²) < 4.78 is 0. The lowest BCUT2D eigenvalue weighted by Crippen LogP contribution is -2.73. The van der Waals surface area contributed by atoms with Crippen LogP contribution in [0.1, 0.15) is 27.8 Å². The molecule has 2 amide bonds. The quantitative estimate of drug-likeness (QED) is 0.127. The number of fused-ring (bicyclic) bond motifs is 1. The lowest BCUT2D eigenvalue weighted by atomic mass is 10.0. The van der Waals surface area contributed by atoms with Gasteiger partial charge < -0.3 is 15.9 Å². The van der Waals surface area contributed by atoms with Crippen LogP contribution in [0, 0.1) is 0 Å². The maximum absolute atomic E-state index is 13.6. The molecule has 2 aromatic carbocycles. The van der Waals surface area contributed by atoms with Gasteiger partial charge in [-0.05, 0) is 18.2 Å². The highest BCUT2D eigenvalue weighted by atomic mass is 32.2. The number of carbonyl (C=O) groups excluding carboxylic acids is 2. The average molecular weight is 610 g/mol. The number of pyridine rings is 1. The monoisotopic (exact) mass is 609 g/mol. The number of aromatic nitrogens is 2. The number of benzene rings is 2. The van der Waals surface area contributed by atoms with Gasteiger partial charge in [0, 0.05) is 45.4 Å². The number of nitrogens with two attached hydrogens (primary N) is 1. The third kappa shape index (κ3) is 5.95. The molecule has 0 bridgehead atoms. The third-order valence-corrected chi connectivity index (χ3v) is 10.8. The van der Waals surface area contributed by atoms with E-state index >= 15 is 0 Å². The number of thiazole rings is 1. The predicted octanol–water partition coefficient (Wildman–Crippen LogP) is 4.14. The van der Waals surface area contributed by atoms with Crippen molar-refractivity contribution in [2.24, 2.45) is 5.16 Å². The summed E-state index contributed by atoms with van der Waals surface area (Å²) in [5.74, 6) is -0.0246. The summed E-state index contributed by atoms with van der Waals surface area (Å²) in [5.41, 5.74) is 10.2.